The molecule has 5 heteroatoms. The Morgan fingerprint density at radius 2 is 2.08 bits per heavy atom. The average molecular weight is 354 g/mol. The number of carbonyl (C=O) groups is 2. The summed E-state index contributed by atoms with van der Waals surface area (Å²) in [6.45, 7) is 2.10. The molecule has 0 amide bonds. The van der Waals surface area contributed by atoms with E-state index in [0.29, 0.717) is 25.7 Å². The number of allylic oxidation sites excluding steroid dienone is 3. The van der Waals surface area contributed by atoms with E-state index < -0.39 is 24.2 Å². The van der Waals surface area contributed by atoms with Gasteiger partial charge in [-0.1, -0.05) is 50.5 Å². The Bertz CT molecular complexity index is 472. The van der Waals surface area contributed by atoms with Gasteiger partial charge in [-0.05, 0) is 25.7 Å². The number of hydrogen-bond acceptors (Lipinski definition) is 3. The van der Waals surface area contributed by atoms with Gasteiger partial charge in [-0.25, -0.2) is 4.39 Å². The lowest BCUT2D eigenvalue weighted by molar-refractivity contribution is -0.137. The first-order chi connectivity index (χ1) is 12.0. The molecule has 0 aromatic carbocycles. The minimum absolute atomic E-state index is 0.0571. The molecule has 1 rings (SSSR count). The van der Waals surface area contributed by atoms with E-state index in [1.54, 1.807) is 12.2 Å². The summed E-state index contributed by atoms with van der Waals surface area (Å²) in [5.41, 5.74) is 0. The predicted molar refractivity (Wildman–Crippen MR) is 96.0 cm³/mol. The minimum Gasteiger partial charge on any atom is -0.481 e. The van der Waals surface area contributed by atoms with Crippen LogP contribution in [0, 0.1) is 11.8 Å². The Labute approximate surface area is 149 Å². The minimum atomic E-state index is -1.18. The third-order valence-electron chi connectivity index (χ3n) is 4.67. The van der Waals surface area contributed by atoms with E-state index >= 15 is 0 Å². The number of halogens is 1. The lowest BCUT2D eigenvalue weighted by Gasteiger charge is -2.15. The van der Waals surface area contributed by atoms with Gasteiger partial charge in [0.2, 0.25) is 0 Å². The molecule has 1 aliphatic rings. The second-order valence-corrected chi connectivity index (χ2v) is 6.81. The molecular weight excluding hydrogens is 323 g/mol. The van der Waals surface area contributed by atoms with Gasteiger partial charge in [-0.3, -0.25) is 9.59 Å². The molecular formula is C20H31FO4. The summed E-state index contributed by atoms with van der Waals surface area (Å²) in [5.74, 6) is -1.75. The number of carbonyl (C=O) groups excluding carboxylic acids is 1. The van der Waals surface area contributed by atoms with Gasteiger partial charge in [-0.2, -0.15) is 0 Å². The van der Waals surface area contributed by atoms with Gasteiger partial charge in [0.25, 0.3) is 0 Å². The van der Waals surface area contributed by atoms with Crippen molar-refractivity contribution in [2.24, 2.45) is 11.8 Å². The van der Waals surface area contributed by atoms with Crippen molar-refractivity contribution in [3.05, 3.63) is 24.3 Å². The molecule has 142 valence electrons. The van der Waals surface area contributed by atoms with Gasteiger partial charge in [0.15, 0.2) is 0 Å². The summed E-state index contributed by atoms with van der Waals surface area (Å²) in [6, 6.07) is 0. The lowest BCUT2D eigenvalue weighted by atomic mass is 9.90. The van der Waals surface area contributed by atoms with Gasteiger partial charge in [0.05, 0.1) is 6.10 Å². The SMILES string of the molecule is CCCCC[C@@H](O)/C=C/[C@H]1[C@H](F)CC(=O)[C@@H]1C/C=C\CCCC(=O)O. The maximum atomic E-state index is 14.1. The number of Topliss-reactive ketones (excluding diaryl/α,β-unsaturated/α-hetero) is 1. The summed E-state index contributed by atoms with van der Waals surface area (Å²) in [4.78, 5) is 22.4. The van der Waals surface area contributed by atoms with Crippen molar-refractivity contribution in [2.45, 2.75) is 77.0 Å². The van der Waals surface area contributed by atoms with Crippen LogP contribution in [0.5, 0.6) is 0 Å². The van der Waals surface area contributed by atoms with Crippen LogP contribution in [0.25, 0.3) is 0 Å². The van der Waals surface area contributed by atoms with Crippen LogP contribution < -0.4 is 0 Å². The van der Waals surface area contributed by atoms with Gasteiger partial charge in [0.1, 0.15) is 12.0 Å². The normalized spacial score (nSPS) is 25.2. The van der Waals surface area contributed by atoms with Crippen molar-refractivity contribution < 1.29 is 24.2 Å². The van der Waals surface area contributed by atoms with E-state index in [9.17, 15) is 19.1 Å². The lowest BCUT2D eigenvalue weighted by Crippen LogP contribution is -2.16. The second-order valence-electron chi connectivity index (χ2n) is 6.81. The molecule has 1 fully saturated rings. The van der Waals surface area contributed by atoms with Crippen molar-refractivity contribution in [1.29, 1.82) is 0 Å². The van der Waals surface area contributed by atoms with Crippen molar-refractivity contribution in [1.82, 2.24) is 0 Å². The summed E-state index contributed by atoms with van der Waals surface area (Å²) in [7, 11) is 0. The highest BCUT2D eigenvalue weighted by Crippen LogP contribution is 2.35. The van der Waals surface area contributed by atoms with Crippen molar-refractivity contribution in [3.8, 4) is 0 Å². The molecule has 0 aliphatic heterocycles. The zero-order valence-corrected chi connectivity index (χ0v) is 15.1. The Morgan fingerprint density at radius 1 is 1.32 bits per heavy atom. The molecule has 0 saturated heterocycles. The number of carboxylic acid groups (broad SMARTS) is 1. The first-order valence-electron chi connectivity index (χ1n) is 9.35. The van der Waals surface area contributed by atoms with Crippen molar-refractivity contribution in [3.63, 3.8) is 0 Å². The number of ketones is 1. The molecule has 0 aromatic rings. The van der Waals surface area contributed by atoms with Crippen LogP contribution in [-0.2, 0) is 9.59 Å². The van der Waals surface area contributed by atoms with E-state index in [1.807, 2.05) is 12.2 Å². The van der Waals surface area contributed by atoms with Crippen LogP contribution in [0.1, 0.15) is 64.7 Å². The number of unbranched alkanes of at least 4 members (excludes halogenated alkanes) is 3. The number of aliphatic hydroxyl groups excluding tert-OH is 1. The van der Waals surface area contributed by atoms with Crippen LogP contribution in [0.4, 0.5) is 4.39 Å². The molecule has 0 radical (unpaired) electrons. The summed E-state index contributed by atoms with van der Waals surface area (Å²) in [6.07, 6.45) is 10.7. The molecule has 0 heterocycles. The summed E-state index contributed by atoms with van der Waals surface area (Å²) >= 11 is 0. The quantitative estimate of drug-likeness (QED) is 0.406. The van der Waals surface area contributed by atoms with Crippen LogP contribution in [0.3, 0.4) is 0 Å². The highest BCUT2D eigenvalue weighted by atomic mass is 19.1. The smallest absolute Gasteiger partial charge is 0.303 e. The largest absolute Gasteiger partial charge is 0.481 e. The summed E-state index contributed by atoms with van der Waals surface area (Å²) in [5, 5.41) is 18.5. The zero-order chi connectivity index (χ0) is 18.7. The highest BCUT2D eigenvalue weighted by Gasteiger charge is 2.40. The number of hydrogen-bond donors (Lipinski definition) is 2. The molecule has 0 unspecified atom stereocenters. The topological polar surface area (TPSA) is 74.6 Å². The Kier molecular flexibility index (Phi) is 10.3. The first kappa shape index (κ1) is 21.6. The number of rotatable bonds is 12. The van der Waals surface area contributed by atoms with E-state index in [2.05, 4.69) is 6.92 Å². The van der Waals surface area contributed by atoms with Gasteiger partial charge in [0, 0.05) is 24.7 Å². The second kappa shape index (κ2) is 12.0. The van der Waals surface area contributed by atoms with E-state index in [1.165, 1.54) is 0 Å². The molecule has 1 aliphatic carbocycles. The summed E-state index contributed by atoms with van der Waals surface area (Å²) < 4.78 is 14.1. The number of aliphatic hydroxyl groups is 1. The maximum Gasteiger partial charge on any atom is 0.303 e. The van der Waals surface area contributed by atoms with Gasteiger partial charge in [-0.15, -0.1) is 0 Å². The van der Waals surface area contributed by atoms with Crippen molar-refractivity contribution >= 4 is 11.8 Å². The molecule has 0 aromatic heterocycles. The third kappa shape index (κ3) is 8.43. The van der Waals surface area contributed by atoms with Crippen molar-refractivity contribution in [2.75, 3.05) is 0 Å². The average Bonchev–Trinajstić information content (AvgIpc) is 2.82. The van der Waals surface area contributed by atoms with E-state index in [-0.39, 0.29) is 24.5 Å². The number of aliphatic carboxylic acids is 1. The molecule has 1 saturated carbocycles. The molecule has 4 nitrogen and oxygen atoms in total. The van der Waals surface area contributed by atoms with Crippen LogP contribution in [-0.4, -0.2) is 34.2 Å². The third-order valence-corrected chi connectivity index (χ3v) is 4.67. The van der Waals surface area contributed by atoms with Crippen LogP contribution in [0.2, 0.25) is 0 Å². The van der Waals surface area contributed by atoms with Crippen LogP contribution in [0.15, 0.2) is 24.3 Å². The molecule has 2 N–H and O–H groups in total. The monoisotopic (exact) mass is 354 g/mol. The first-order valence-corrected chi connectivity index (χ1v) is 9.35. The fraction of sp³-hybridized carbons (Fsp3) is 0.700. The Balaban J connectivity index is 2.48. The van der Waals surface area contributed by atoms with E-state index in [0.717, 1.165) is 19.3 Å². The Morgan fingerprint density at radius 3 is 2.76 bits per heavy atom. The van der Waals surface area contributed by atoms with Gasteiger partial charge >= 0.3 is 5.97 Å². The number of carboxylic acids is 1. The fourth-order valence-electron chi connectivity index (χ4n) is 3.18. The molecule has 0 spiro atoms. The fourth-order valence-corrected chi connectivity index (χ4v) is 3.18. The predicted octanol–water partition coefficient (Wildman–Crippen LogP) is 4.23. The van der Waals surface area contributed by atoms with Gasteiger partial charge < -0.3 is 10.2 Å². The van der Waals surface area contributed by atoms with E-state index in [4.69, 9.17) is 5.11 Å². The molecule has 25 heavy (non-hydrogen) atoms. The molecule has 4 atom stereocenters. The maximum absolute atomic E-state index is 14.1. The zero-order valence-electron chi connectivity index (χ0n) is 15.1. The number of alkyl halides is 1. The van der Waals surface area contributed by atoms with Crippen LogP contribution >= 0.6 is 0 Å². The standard InChI is InChI=1S/C20H31FO4/c1-2-3-6-9-15(22)12-13-16-17(19(23)14-18(16)21)10-7-4-5-8-11-20(24)25/h4,7,12-13,15-18,22H,2-3,5-6,8-11,14H2,1H3,(H,24,25)/b7-4-,13-12+/t15-,16-,17-,18-/m1/s1. The highest BCUT2D eigenvalue weighted by molar-refractivity contribution is 5.84. The molecule has 0 bridgehead atoms. The Hall–Kier alpha value is -1.49.